The van der Waals surface area contributed by atoms with E-state index in [0.29, 0.717) is 18.0 Å². The van der Waals surface area contributed by atoms with E-state index in [4.69, 9.17) is 5.73 Å². The number of carbonyl (C=O) groups excluding carboxylic acids is 1. The SMILES string of the molecule is CC(C)C[C@H](N)C(=O)NC1CCN2CCCCC12. The zero-order valence-corrected chi connectivity index (χ0v) is 11.7. The van der Waals surface area contributed by atoms with Crippen molar-refractivity contribution in [2.24, 2.45) is 11.7 Å². The smallest absolute Gasteiger partial charge is 0.237 e. The maximum atomic E-state index is 12.1. The number of fused-ring (bicyclic) bond motifs is 1. The van der Waals surface area contributed by atoms with E-state index in [1.165, 1.54) is 25.8 Å². The number of rotatable bonds is 4. The van der Waals surface area contributed by atoms with Crippen molar-refractivity contribution in [3.05, 3.63) is 0 Å². The van der Waals surface area contributed by atoms with Crippen LogP contribution in [0.25, 0.3) is 0 Å². The number of nitrogens with one attached hydrogen (secondary N) is 1. The van der Waals surface area contributed by atoms with Gasteiger partial charge in [0.1, 0.15) is 0 Å². The van der Waals surface area contributed by atoms with Crippen LogP contribution in [0.2, 0.25) is 0 Å². The van der Waals surface area contributed by atoms with Crippen LogP contribution in [0.5, 0.6) is 0 Å². The summed E-state index contributed by atoms with van der Waals surface area (Å²) >= 11 is 0. The molecular weight excluding hydrogens is 226 g/mol. The number of nitrogens with two attached hydrogens (primary N) is 1. The molecule has 3 N–H and O–H groups in total. The molecule has 0 aliphatic carbocycles. The first-order valence-electron chi connectivity index (χ1n) is 7.38. The van der Waals surface area contributed by atoms with Crippen molar-refractivity contribution >= 4 is 5.91 Å². The Morgan fingerprint density at radius 1 is 1.33 bits per heavy atom. The fraction of sp³-hybridized carbons (Fsp3) is 0.929. The standard InChI is InChI=1S/C14H27N3O/c1-10(2)9-11(15)14(18)16-12-6-8-17-7-4-3-5-13(12)17/h10-13H,3-9,15H2,1-2H3,(H,16,18)/t11-,12?,13?/m0/s1. The Balaban J connectivity index is 1.84. The lowest BCUT2D eigenvalue weighted by Crippen LogP contribution is -2.51. The van der Waals surface area contributed by atoms with Gasteiger partial charge in [-0.1, -0.05) is 20.3 Å². The molecule has 2 aliphatic heterocycles. The first-order valence-corrected chi connectivity index (χ1v) is 7.38. The van der Waals surface area contributed by atoms with Gasteiger partial charge in [0, 0.05) is 18.6 Å². The average molecular weight is 253 g/mol. The van der Waals surface area contributed by atoms with Crippen LogP contribution in [0, 0.1) is 5.92 Å². The quantitative estimate of drug-likeness (QED) is 0.789. The Bertz CT molecular complexity index is 293. The van der Waals surface area contributed by atoms with Gasteiger partial charge in [-0.25, -0.2) is 0 Å². The Labute approximate surface area is 110 Å². The van der Waals surface area contributed by atoms with Crippen LogP contribution in [0.4, 0.5) is 0 Å². The molecule has 2 aliphatic rings. The first-order chi connectivity index (χ1) is 8.58. The minimum absolute atomic E-state index is 0.0427. The van der Waals surface area contributed by atoms with Crippen molar-refractivity contribution in [1.29, 1.82) is 0 Å². The number of amides is 1. The molecule has 2 saturated heterocycles. The molecule has 0 spiro atoms. The lowest BCUT2D eigenvalue weighted by Gasteiger charge is -2.33. The highest BCUT2D eigenvalue weighted by Crippen LogP contribution is 2.27. The van der Waals surface area contributed by atoms with Gasteiger partial charge in [-0.05, 0) is 38.1 Å². The summed E-state index contributed by atoms with van der Waals surface area (Å²) in [6, 6.07) is 0.549. The third-order valence-corrected chi connectivity index (χ3v) is 4.25. The molecule has 0 aromatic carbocycles. The number of piperidine rings is 1. The van der Waals surface area contributed by atoms with Crippen molar-refractivity contribution in [1.82, 2.24) is 10.2 Å². The van der Waals surface area contributed by atoms with Gasteiger partial charge in [-0.2, -0.15) is 0 Å². The van der Waals surface area contributed by atoms with Crippen LogP contribution in [-0.2, 0) is 4.79 Å². The van der Waals surface area contributed by atoms with E-state index in [1.54, 1.807) is 0 Å². The number of carbonyl (C=O) groups is 1. The monoisotopic (exact) mass is 253 g/mol. The van der Waals surface area contributed by atoms with Gasteiger partial charge in [0.15, 0.2) is 0 Å². The number of hydrogen-bond donors (Lipinski definition) is 2. The molecule has 0 aromatic rings. The van der Waals surface area contributed by atoms with E-state index in [0.717, 1.165) is 19.4 Å². The third-order valence-electron chi connectivity index (χ3n) is 4.25. The van der Waals surface area contributed by atoms with Crippen LogP contribution < -0.4 is 11.1 Å². The Kier molecular flexibility index (Phi) is 4.62. The second-order valence-corrected chi connectivity index (χ2v) is 6.24. The first kappa shape index (κ1) is 13.8. The van der Waals surface area contributed by atoms with Crippen LogP contribution in [0.1, 0.15) is 46.0 Å². The van der Waals surface area contributed by atoms with E-state index < -0.39 is 0 Å². The Hall–Kier alpha value is -0.610. The average Bonchev–Trinajstić information content (AvgIpc) is 2.72. The second-order valence-electron chi connectivity index (χ2n) is 6.24. The van der Waals surface area contributed by atoms with Crippen molar-refractivity contribution in [2.75, 3.05) is 13.1 Å². The molecule has 0 saturated carbocycles. The molecule has 2 fully saturated rings. The minimum Gasteiger partial charge on any atom is -0.350 e. The zero-order chi connectivity index (χ0) is 13.1. The summed E-state index contributed by atoms with van der Waals surface area (Å²) < 4.78 is 0. The summed E-state index contributed by atoms with van der Waals surface area (Å²) in [5.74, 6) is 0.515. The lowest BCUT2D eigenvalue weighted by molar-refractivity contribution is -0.123. The molecule has 0 bridgehead atoms. The van der Waals surface area contributed by atoms with Crippen LogP contribution in [0.15, 0.2) is 0 Å². The van der Waals surface area contributed by atoms with E-state index in [1.807, 2.05) is 0 Å². The van der Waals surface area contributed by atoms with E-state index in [2.05, 4.69) is 24.1 Å². The maximum Gasteiger partial charge on any atom is 0.237 e. The molecule has 18 heavy (non-hydrogen) atoms. The molecule has 1 amide bonds. The molecule has 0 aromatic heterocycles. The molecule has 4 heteroatoms. The largest absolute Gasteiger partial charge is 0.350 e. The molecule has 2 unspecified atom stereocenters. The number of nitrogens with zero attached hydrogens (tertiary/aromatic N) is 1. The van der Waals surface area contributed by atoms with Gasteiger partial charge < -0.3 is 11.1 Å². The fourth-order valence-corrected chi connectivity index (χ4v) is 3.32. The van der Waals surface area contributed by atoms with Crippen LogP contribution in [0.3, 0.4) is 0 Å². The predicted octanol–water partition coefficient (Wildman–Crippen LogP) is 1.10. The van der Waals surface area contributed by atoms with E-state index in [9.17, 15) is 4.79 Å². The van der Waals surface area contributed by atoms with Crippen LogP contribution in [-0.4, -0.2) is 42.0 Å². The summed E-state index contributed by atoms with van der Waals surface area (Å²) in [5, 5.41) is 3.18. The van der Waals surface area contributed by atoms with Crippen LogP contribution >= 0.6 is 0 Å². The van der Waals surface area contributed by atoms with E-state index in [-0.39, 0.29) is 11.9 Å². The van der Waals surface area contributed by atoms with Crippen molar-refractivity contribution in [3.8, 4) is 0 Å². The van der Waals surface area contributed by atoms with Crippen molar-refractivity contribution in [3.63, 3.8) is 0 Å². The highest BCUT2D eigenvalue weighted by Gasteiger charge is 2.36. The number of hydrogen-bond acceptors (Lipinski definition) is 3. The molecule has 2 heterocycles. The molecule has 3 atom stereocenters. The highest BCUT2D eigenvalue weighted by molar-refractivity contribution is 5.81. The topological polar surface area (TPSA) is 58.4 Å². The van der Waals surface area contributed by atoms with Gasteiger partial charge in [-0.15, -0.1) is 0 Å². The molecule has 4 nitrogen and oxygen atoms in total. The molecule has 2 rings (SSSR count). The molecule has 104 valence electrons. The molecular formula is C14H27N3O. The maximum absolute atomic E-state index is 12.1. The minimum atomic E-state index is -0.345. The summed E-state index contributed by atoms with van der Waals surface area (Å²) in [6.45, 7) is 6.54. The van der Waals surface area contributed by atoms with Gasteiger partial charge in [0.25, 0.3) is 0 Å². The zero-order valence-electron chi connectivity index (χ0n) is 11.7. The van der Waals surface area contributed by atoms with Gasteiger partial charge in [0.05, 0.1) is 6.04 Å². The van der Waals surface area contributed by atoms with Crippen molar-refractivity contribution in [2.45, 2.75) is 64.1 Å². The molecule has 0 radical (unpaired) electrons. The van der Waals surface area contributed by atoms with Gasteiger partial charge >= 0.3 is 0 Å². The second kappa shape index (κ2) is 6.02. The summed E-state index contributed by atoms with van der Waals surface area (Å²) in [6.07, 6.45) is 5.69. The Morgan fingerprint density at radius 2 is 2.11 bits per heavy atom. The normalized spacial score (nSPS) is 30.2. The lowest BCUT2D eigenvalue weighted by atomic mass is 9.98. The summed E-state index contributed by atoms with van der Waals surface area (Å²) in [7, 11) is 0. The Morgan fingerprint density at radius 3 is 2.83 bits per heavy atom. The summed E-state index contributed by atoms with van der Waals surface area (Å²) in [5.41, 5.74) is 5.94. The summed E-state index contributed by atoms with van der Waals surface area (Å²) in [4.78, 5) is 14.6. The predicted molar refractivity (Wildman–Crippen MR) is 73.2 cm³/mol. The fourth-order valence-electron chi connectivity index (χ4n) is 3.32. The van der Waals surface area contributed by atoms with Gasteiger partial charge in [0.2, 0.25) is 5.91 Å². The van der Waals surface area contributed by atoms with E-state index >= 15 is 0 Å². The third kappa shape index (κ3) is 3.23. The van der Waals surface area contributed by atoms with Crippen molar-refractivity contribution < 1.29 is 4.79 Å². The highest BCUT2D eigenvalue weighted by atomic mass is 16.2. The van der Waals surface area contributed by atoms with Gasteiger partial charge in [-0.3, -0.25) is 9.69 Å².